The normalized spacial score (nSPS) is 20.7. The molecule has 2 amide bonds. The first-order chi connectivity index (χ1) is 11.1. The lowest BCUT2D eigenvalue weighted by atomic mass is 9.86. The highest BCUT2D eigenvalue weighted by molar-refractivity contribution is 5.74. The molecule has 128 valence electrons. The van der Waals surface area contributed by atoms with Gasteiger partial charge in [0.1, 0.15) is 0 Å². The third-order valence-corrected chi connectivity index (χ3v) is 4.66. The molecule has 0 bridgehead atoms. The van der Waals surface area contributed by atoms with Gasteiger partial charge in [0.05, 0.1) is 20.8 Å². The summed E-state index contributed by atoms with van der Waals surface area (Å²) in [6.07, 6.45) is 4.73. The van der Waals surface area contributed by atoms with Crippen molar-refractivity contribution in [2.45, 2.75) is 45.2 Å². The summed E-state index contributed by atoms with van der Waals surface area (Å²) in [7, 11) is 5.04. The highest BCUT2D eigenvalue weighted by Crippen LogP contribution is 2.31. The predicted molar refractivity (Wildman–Crippen MR) is 91.0 cm³/mol. The van der Waals surface area contributed by atoms with E-state index in [2.05, 4.69) is 12.2 Å². The van der Waals surface area contributed by atoms with Crippen LogP contribution in [0.4, 0.5) is 4.79 Å². The smallest absolute Gasteiger partial charge is 0.317 e. The van der Waals surface area contributed by atoms with Crippen molar-refractivity contribution < 1.29 is 14.3 Å². The minimum Gasteiger partial charge on any atom is -0.493 e. The molecule has 0 spiro atoms. The second kappa shape index (κ2) is 8.09. The lowest BCUT2D eigenvalue weighted by Gasteiger charge is -2.31. The van der Waals surface area contributed by atoms with Crippen molar-refractivity contribution in [3.63, 3.8) is 0 Å². The van der Waals surface area contributed by atoms with Crippen molar-refractivity contribution >= 4 is 6.03 Å². The van der Waals surface area contributed by atoms with E-state index in [4.69, 9.17) is 9.47 Å². The van der Waals surface area contributed by atoms with Crippen LogP contribution in [0.5, 0.6) is 11.5 Å². The summed E-state index contributed by atoms with van der Waals surface area (Å²) in [5.74, 6) is 1.91. The Morgan fingerprint density at radius 2 is 2.00 bits per heavy atom. The Labute approximate surface area is 139 Å². The van der Waals surface area contributed by atoms with Crippen LogP contribution in [0.15, 0.2) is 18.2 Å². The van der Waals surface area contributed by atoms with Crippen molar-refractivity contribution in [1.29, 1.82) is 0 Å². The number of hydrogen-bond acceptors (Lipinski definition) is 3. The zero-order chi connectivity index (χ0) is 16.8. The number of carbonyl (C=O) groups is 1. The van der Waals surface area contributed by atoms with Crippen LogP contribution in [-0.4, -0.2) is 38.2 Å². The quantitative estimate of drug-likeness (QED) is 0.904. The molecule has 2 rings (SSSR count). The lowest BCUT2D eigenvalue weighted by Crippen LogP contribution is -2.46. The molecule has 1 aromatic rings. The Balaban J connectivity index is 2.01. The van der Waals surface area contributed by atoms with E-state index >= 15 is 0 Å². The average molecular weight is 320 g/mol. The van der Waals surface area contributed by atoms with E-state index < -0.39 is 0 Å². The first-order valence-electron chi connectivity index (χ1n) is 8.28. The number of rotatable bonds is 5. The van der Waals surface area contributed by atoms with Crippen LogP contribution in [0, 0.1) is 5.92 Å². The Hall–Kier alpha value is -1.91. The summed E-state index contributed by atoms with van der Waals surface area (Å²) in [5.41, 5.74) is 0.932. The molecule has 0 saturated heterocycles. The van der Waals surface area contributed by atoms with Crippen molar-refractivity contribution in [2.24, 2.45) is 5.92 Å². The van der Waals surface area contributed by atoms with Crippen LogP contribution in [-0.2, 0) is 6.54 Å². The maximum absolute atomic E-state index is 12.5. The molecule has 0 aromatic heterocycles. The molecule has 5 heteroatoms. The van der Waals surface area contributed by atoms with Gasteiger partial charge in [0.25, 0.3) is 0 Å². The van der Waals surface area contributed by atoms with Crippen LogP contribution in [0.1, 0.15) is 38.2 Å². The molecule has 1 aromatic carbocycles. The largest absolute Gasteiger partial charge is 0.493 e. The molecule has 5 nitrogen and oxygen atoms in total. The van der Waals surface area contributed by atoms with Gasteiger partial charge in [-0.3, -0.25) is 0 Å². The van der Waals surface area contributed by atoms with Gasteiger partial charge in [-0.25, -0.2) is 4.79 Å². The molecule has 23 heavy (non-hydrogen) atoms. The van der Waals surface area contributed by atoms with Crippen LogP contribution < -0.4 is 14.8 Å². The number of carbonyl (C=O) groups excluding carboxylic acids is 1. The fourth-order valence-corrected chi connectivity index (χ4v) is 3.21. The molecule has 0 aliphatic heterocycles. The maximum atomic E-state index is 12.5. The number of ether oxygens (including phenoxy) is 2. The first-order valence-corrected chi connectivity index (χ1v) is 8.28. The molecule has 1 aliphatic rings. The highest BCUT2D eigenvalue weighted by Gasteiger charge is 2.24. The maximum Gasteiger partial charge on any atom is 0.317 e. The Morgan fingerprint density at radius 3 is 2.65 bits per heavy atom. The van der Waals surface area contributed by atoms with E-state index in [-0.39, 0.29) is 12.1 Å². The molecular formula is C18H28N2O3. The van der Waals surface area contributed by atoms with E-state index in [0.29, 0.717) is 24.0 Å². The standard InChI is InChI=1S/C18H28N2O3/c1-13-8-5-6-10-15(13)19-18(21)20(2)12-14-9-7-11-16(22-3)17(14)23-4/h7,9,11,13,15H,5-6,8,10,12H2,1-4H3,(H,19,21)/t13-,15+/m0/s1. The predicted octanol–water partition coefficient (Wildman–Crippen LogP) is 3.42. The summed E-state index contributed by atoms with van der Waals surface area (Å²) in [6.45, 7) is 2.70. The van der Waals surface area contributed by atoms with Crippen LogP contribution >= 0.6 is 0 Å². The Bertz CT molecular complexity index is 533. The lowest BCUT2D eigenvalue weighted by molar-refractivity contribution is 0.189. The summed E-state index contributed by atoms with van der Waals surface area (Å²) in [6, 6.07) is 5.96. The number of benzene rings is 1. The summed E-state index contributed by atoms with van der Waals surface area (Å²) in [4.78, 5) is 14.2. The van der Waals surface area contributed by atoms with E-state index in [9.17, 15) is 4.79 Å². The van der Waals surface area contributed by atoms with E-state index in [0.717, 1.165) is 12.0 Å². The number of urea groups is 1. The van der Waals surface area contributed by atoms with Crippen molar-refractivity contribution in [2.75, 3.05) is 21.3 Å². The summed E-state index contributed by atoms with van der Waals surface area (Å²) in [5, 5.41) is 3.17. The molecule has 0 unspecified atom stereocenters. The number of nitrogens with zero attached hydrogens (tertiary/aromatic N) is 1. The van der Waals surface area contributed by atoms with Crippen molar-refractivity contribution in [3.05, 3.63) is 23.8 Å². The van der Waals surface area contributed by atoms with Gasteiger partial charge in [0.2, 0.25) is 0 Å². The number of hydrogen-bond donors (Lipinski definition) is 1. The van der Waals surface area contributed by atoms with Gasteiger partial charge >= 0.3 is 6.03 Å². The molecular weight excluding hydrogens is 292 g/mol. The van der Waals surface area contributed by atoms with Crippen LogP contribution in [0.3, 0.4) is 0 Å². The molecule has 0 radical (unpaired) electrons. The summed E-state index contributed by atoms with van der Waals surface area (Å²) >= 11 is 0. The zero-order valence-electron chi connectivity index (χ0n) is 14.6. The number of nitrogens with one attached hydrogen (secondary N) is 1. The minimum atomic E-state index is -0.0337. The number of para-hydroxylation sites is 1. The SMILES string of the molecule is COc1cccc(CN(C)C(=O)N[C@@H]2CCCC[C@@H]2C)c1OC. The first kappa shape index (κ1) is 17.4. The molecule has 1 aliphatic carbocycles. The van der Waals surface area contributed by atoms with Gasteiger partial charge in [-0.15, -0.1) is 0 Å². The Kier molecular flexibility index (Phi) is 6.13. The monoisotopic (exact) mass is 320 g/mol. The molecule has 1 saturated carbocycles. The van der Waals surface area contributed by atoms with Gasteiger partial charge in [-0.05, 0) is 24.8 Å². The fourth-order valence-electron chi connectivity index (χ4n) is 3.21. The van der Waals surface area contributed by atoms with Crippen LogP contribution in [0.2, 0.25) is 0 Å². The van der Waals surface area contributed by atoms with Gasteiger partial charge in [0.15, 0.2) is 11.5 Å². The second-order valence-electron chi connectivity index (χ2n) is 6.33. The van der Waals surface area contributed by atoms with Crippen molar-refractivity contribution in [1.82, 2.24) is 10.2 Å². The number of methoxy groups -OCH3 is 2. The number of amides is 2. The van der Waals surface area contributed by atoms with Crippen LogP contribution in [0.25, 0.3) is 0 Å². The molecule has 0 heterocycles. The van der Waals surface area contributed by atoms with Gasteiger partial charge in [0, 0.05) is 18.7 Å². The summed E-state index contributed by atoms with van der Waals surface area (Å²) < 4.78 is 10.7. The zero-order valence-corrected chi connectivity index (χ0v) is 14.6. The van der Waals surface area contributed by atoms with E-state index in [1.807, 2.05) is 25.2 Å². The molecule has 1 fully saturated rings. The molecule has 2 atom stereocenters. The average Bonchev–Trinajstić information content (AvgIpc) is 2.56. The second-order valence-corrected chi connectivity index (χ2v) is 6.33. The van der Waals surface area contributed by atoms with Gasteiger partial charge < -0.3 is 19.7 Å². The van der Waals surface area contributed by atoms with E-state index in [1.54, 1.807) is 19.1 Å². The minimum absolute atomic E-state index is 0.0337. The highest BCUT2D eigenvalue weighted by atomic mass is 16.5. The van der Waals surface area contributed by atoms with Crippen molar-refractivity contribution in [3.8, 4) is 11.5 Å². The Morgan fingerprint density at radius 1 is 1.26 bits per heavy atom. The van der Waals surface area contributed by atoms with Gasteiger partial charge in [-0.1, -0.05) is 31.9 Å². The third-order valence-electron chi connectivity index (χ3n) is 4.66. The fraction of sp³-hybridized carbons (Fsp3) is 0.611. The van der Waals surface area contributed by atoms with Gasteiger partial charge in [-0.2, -0.15) is 0 Å². The third kappa shape index (κ3) is 4.30. The molecule has 1 N–H and O–H groups in total. The topological polar surface area (TPSA) is 50.8 Å². The van der Waals surface area contributed by atoms with E-state index in [1.165, 1.54) is 19.3 Å².